The van der Waals surface area contributed by atoms with Gasteiger partial charge in [0.25, 0.3) is 0 Å². The van der Waals surface area contributed by atoms with Gasteiger partial charge >= 0.3 is 6.03 Å². The van der Waals surface area contributed by atoms with Gasteiger partial charge in [0.15, 0.2) is 17.3 Å². The summed E-state index contributed by atoms with van der Waals surface area (Å²) in [5.74, 6) is 1.86. The van der Waals surface area contributed by atoms with Crippen molar-refractivity contribution < 1.29 is 23.7 Å². The van der Waals surface area contributed by atoms with E-state index in [-0.39, 0.29) is 12.8 Å². The first-order valence-electron chi connectivity index (χ1n) is 8.57. The van der Waals surface area contributed by atoms with Crippen molar-refractivity contribution in [3.8, 4) is 11.5 Å². The number of anilines is 1. The van der Waals surface area contributed by atoms with Crippen LogP contribution in [0.25, 0.3) is 0 Å². The van der Waals surface area contributed by atoms with Crippen LogP contribution in [0.1, 0.15) is 11.9 Å². The van der Waals surface area contributed by atoms with E-state index in [1.54, 1.807) is 34.9 Å². The maximum absolute atomic E-state index is 12.6. The van der Waals surface area contributed by atoms with Crippen LogP contribution in [0.5, 0.6) is 11.5 Å². The van der Waals surface area contributed by atoms with E-state index in [4.69, 9.17) is 18.9 Å². The average molecular weight is 376 g/mol. The molecule has 0 radical (unpaired) electrons. The Morgan fingerprint density at radius 3 is 3.15 bits per heavy atom. The number of nitrogens with one attached hydrogen (secondary N) is 1. The highest BCUT2D eigenvalue weighted by atomic mass is 16.7. The van der Waals surface area contributed by atoms with Crippen LogP contribution in [-0.4, -0.2) is 71.3 Å². The van der Waals surface area contributed by atoms with Crippen molar-refractivity contribution in [2.45, 2.75) is 12.6 Å². The first-order chi connectivity index (χ1) is 13.2. The molecule has 11 heteroatoms. The smallest absolute Gasteiger partial charge is 0.322 e. The van der Waals surface area contributed by atoms with Gasteiger partial charge in [0.1, 0.15) is 6.10 Å². The molecule has 11 nitrogen and oxygen atoms in total. The van der Waals surface area contributed by atoms with Gasteiger partial charge in [0.2, 0.25) is 6.79 Å². The maximum atomic E-state index is 12.6. The highest BCUT2D eigenvalue weighted by molar-refractivity contribution is 5.89. The Balaban J connectivity index is 1.40. The summed E-state index contributed by atoms with van der Waals surface area (Å²) in [6, 6.07) is 5.06. The molecule has 27 heavy (non-hydrogen) atoms. The molecule has 1 saturated heterocycles. The van der Waals surface area contributed by atoms with Gasteiger partial charge in [0.05, 0.1) is 26.3 Å². The van der Waals surface area contributed by atoms with E-state index in [1.165, 1.54) is 0 Å². The summed E-state index contributed by atoms with van der Waals surface area (Å²) in [5, 5.41) is 14.6. The van der Waals surface area contributed by atoms with Gasteiger partial charge in [-0.1, -0.05) is 0 Å². The molecule has 2 aliphatic rings. The first-order valence-corrected chi connectivity index (χ1v) is 8.57. The summed E-state index contributed by atoms with van der Waals surface area (Å²) in [4.78, 5) is 14.3. The number of morpholine rings is 1. The molecule has 0 unspecified atom stereocenters. The second-order valence-corrected chi connectivity index (χ2v) is 6.06. The van der Waals surface area contributed by atoms with Crippen LogP contribution < -0.4 is 14.8 Å². The van der Waals surface area contributed by atoms with Crippen LogP contribution in [0, 0.1) is 0 Å². The van der Waals surface area contributed by atoms with E-state index in [1.807, 2.05) is 0 Å². The molecule has 1 fully saturated rings. The third kappa shape index (κ3) is 3.78. The molecule has 4 rings (SSSR count). The number of hydrogen-bond donors (Lipinski definition) is 1. The third-order valence-corrected chi connectivity index (χ3v) is 4.33. The fourth-order valence-corrected chi connectivity index (χ4v) is 2.95. The topological polar surface area (TPSA) is 113 Å². The van der Waals surface area contributed by atoms with E-state index < -0.39 is 6.10 Å². The van der Waals surface area contributed by atoms with Crippen LogP contribution in [0.4, 0.5) is 10.5 Å². The molecular weight excluding hydrogens is 356 g/mol. The van der Waals surface area contributed by atoms with Gasteiger partial charge < -0.3 is 29.2 Å². The standard InChI is InChI=1S/C16H20N6O5/c1-24-6-5-22-15(18-19-20-22)14-9-21(4-7-25-14)16(23)17-11-2-3-12-13(8-11)27-10-26-12/h2-3,8,14H,4-7,9-10H2,1H3,(H,17,23)/t14-/m1/s1. The molecule has 2 aliphatic heterocycles. The van der Waals surface area contributed by atoms with E-state index in [2.05, 4.69) is 20.8 Å². The average Bonchev–Trinajstić information content (AvgIpc) is 3.35. The van der Waals surface area contributed by atoms with E-state index >= 15 is 0 Å². The molecule has 1 aromatic heterocycles. The minimum atomic E-state index is -0.395. The van der Waals surface area contributed by atoms with Gasteiger partial charge in [-0.2, -0.15) is 0 Å². The zero-order valence-electron chi connectivity index (χ0n) is 14.8. The Morgan fingerprint density at radius 1 is 1.37 bits per heavy atom. The Bertz CT molecular complexity index is 812. The second kappa shape index (κ2) is 7.76. The summed E-state index contributed by atoms with van der Waals surface area (Å²) >= 11 is 0. The lowest BCUT2D eigenvalue weighted by atomic mass is 10.2. The summed E-state index contributed by atoms with van der Waals surface area (Å²) < 4.78 is 23.1. The normalized spacial score (nSPS) is 18.6. The Hall–Kier alpha value is -2.92. The minimum Gasteiger partial charge on any atom is -0.454 e. The molecule has 0 aliphatic carbocycles. The molecule has 144 valence electrons. The van der Waals surface area contributed by atoms with Crippen molar-refractivity contribution in [3.05, 3.63) is 24.0 Å². The van der Waals surface area contributed by atoms with Crippen molar-refractivity contribution in [3.63, 3.8) is 0 Å². The molecular formula is C16H20N6O5. The molecule has 0 bridgehead atoms. The predicted octanol–water partition coefficient (Wildman–Crippen LogP) is 0.654. The summed E-state index contributed by atoms with van der Waals surface area (Å²) in [5.41, 5.74) is 0.636. The lowest BCUT2D eigenvalue weighted by molar-refractivity contribution is -0.0209. The Kier molecular flexibility index (Phi) is 5.03. The molecule has 3 heterocycles. The number of ether oxygens (including phenoxy) is 4. The largest absolute Gasteiger partial charge is 0.454 e. The SMILES string of the molecule is COCCn1nnnc1[C@H]1CN(C(=O)Nc2ccc3c(c2)OCO3)CCO1. The summed E-state index contributed by atoms with van der Waals surface area (Å²) in [6.07, 6.45) is -0.395. The van der Waals surface area contributed by atoms with Gasteiger partial charge in [-0.05, 0) is 22.6 Å². The number of fused-ring (bicyclic) bond motifs is 1. The fraction of sp³-hybridized carbons (Fsp3) is 0.500. The number of urea groups is 1. The monoisotopic (exact) mass is 376 g/mol. The molecule has 2 amide bonds. The van der Waals surface area contributed by atoms with Gasteiger partial charge in [-0.25, -0.2) is 9.48 Å². The highest BCUT2D eigenvalue weighted by Gasteiger charge is 2.29. The maximum Gasteiger partial charge on any atom is 0.322 e. The third-order valence-electron chi connectivity index (χ3n) is 4.33. The van der Waals surface area contributed by atoms with E-state index in [0.717, 1.165) is 0 Å². The molecule has 2 aromatic rings. The summed E-state index contributed by atoms with van der Waals surface area (Å²) in [6.45, 7) is 2.42. The first kappa shape index (κ1) is 17.5. The van der Waals surface area contributed by atoms with E-state index in [9.17, 15) is 4.79 Å². The zero-order valence-corrected chi connectivity index (χ0v) is 14.8. The van der Waals surface area contributed by atoms with Crippen molar-refractivity contribution in [1.29, 1.82) is 0 Å². The molecule has 1 aromatic carbocycles. The lowest BCUT2D eigenvalue weighted by Crippen LogP contribution is -2.45. The Labute approximate surface area is 155 Å². The molecule has 0 spiro atoms. The number of nitrogens with zero attached hydrogens (tertiary/aromatic N) is 5. The van der Waals surface area contributed by atoms with Crippen molar-refractivity contribution >= 4 is 11.7 Å². The number of rotatable bonds is 5. The number of amides is 2. The van der Waals surface area contributed by atoms with Crippen LogP contribution in [0.3, 0.4) is 0 Å². The predicted molar refractivity (Wildman–Crippen MR) is 91.5 cm³/mol. The minimum absolute atomic E-state index is 0.190. The number of methoxy groups -OCH3 is 1. The molecule has 1 N–H and O–H groups in total. The quantitative estimate of drug-likeness (QED) is 0.809. The molecule has 0 saturated carbocycles. The second-order valence-electron chi connectivity index (χ2n) is 6.06. The Morgan fingerprint density at radius 2 is 2.26 bits per heavy atom. The molecule has 1 atom stereocenters. The number of hydrogen-bond acceptors (Lipinski definition) is 8. The fourth-order valence-electron chi connectivity index (χ4n) is 2.95. The highest BCUT2D eigenvalue weighted by Crippen LogP contribution is 2.34. The van der Waals surface area contributed by atoms with Crippen LogP contribution in [-0.2, 0) is 16.0 Å². The van der Waals surface area contributed by atoms with Crippen LogP contribution in [0.2, 0.25) is 0 Å². The van der Waals surface area contributed by atoms with Gasteiger partial charge in [-0.3, -0.25) is 0 Å². The van der Waals surface area contributed by atoms with Crippen molar-refractivity contribution in [1.82, 2.24) is 25.1 Å². The van der Waals surface area contributed by atoms with Crippen LogP contribution in [0.15, 0.2) is 18.2 Å². The number of carbonyl (C=O) groups excluding carboxylic acids is 1. The van der Waals surface area contributed by atoms with Gasteiger partial charge in [0, 0.05) is 25.4 Å². The van der Waals surface area contributed by atoms with Crippen LogP contribution >= 0.6 is 0 Å². The van der Waals surface area contributed by atoms with E-state index in [0.29, 0.717) is 55.9 Å². The number of benzene rings is 1. The number of tetrazole rings is 1. The van der Waals surface area contributed by atoms with Gasteiger partial charge in [-0.15, -0.1) is 5.10 Å². The number of carbonyl (C=O) groups is 1. The zero-order chi connectivity index (χ0) is 18.6. The lowest BCUT2D eigenvalue weighted by Gasteiger charge is -2.32. The van der Waals surface area contributed by atoms with Crippen molar-refractivity contribution in [2.24, 2.45) is 0 Å². The van der Waals surface area contributed by atoms with Crippen molar-refractivity contribution in [2.75, 3.05) is 45.5 Å². The number of aromatic nitrogens is 4. The summed E-state index contributed by atoms with van der Waals surface area (Å²) in [7, 11) is 1.61.